The van der Waals surface area contributed by atoms with E-state index in [1.807, 2.05) is 6.92 Å². The molecule has 0 amide bonds. The summed E-state index contributed by atoms with van der Waals surface area (Å²) in [5.41, 5.74) is 0. The number of ether oxygens (including phenoxy) is 1. The Hall–Kier alpha value is -0.769. The zero-order valence-corrected chi connectivity index (χ0v) is 25.0. The van der Waals surface area contributed by atoms with Crippen molar-refractivity contribution in [3.63, 3.8) is 0 Å². The second kappa shape index (κ2) is 9.23. The Morgan fingerprint density at radius 2 is 1.55 bits per heavy atom. The van der Waals surface area contributed by atoms with E-state index >= 15 is 0 Å². The summed E-state index contributed by atoms with van der Waals surface area (Å²) in [6.07, 6.45) is 9.55. The first-order valence-electron chi connectivity index (χ1n) is 11.7. The first-order valence-corrected chi connectivity index (χ1v) is 21.4. The van der Waals surface area contributed by atoms with E-state index in [-0.39, 0.29) is 29.1 Å². The molecule has 7 heteroatoms. The summed E-state index contributed by atoms with van der Waals surface area (Å²) in [5.74, 6) is 2.03. The van der Waals surface area contributed by atoms with E-state index in [2.05, 4.69) is 97.5 Å². The third kappa shape index (κ3) is 7.11. The Kier molecular flexibility index (Phi) is 7.89. The van der Waals surface area contributed by atoms with Crippen LogP contribution >= 0.6 is 0 Å². The minimum absolute atomic E-state index is 0.108. The lowest BCUT2D eigenvalue weighted by molar-refractivity contribution is -0.0317. The van der Waals surface area contributed by atoms with Gasteiger partial charge in [-0.2, -0.15) is 0 Å². The third-order valence-corrected chi connectivity index (χ3v) is 12.3. The van der Waals surface area contributed by atoms with Crippen molar-refractivity contribution >= 4 is 25.0 Å². The number of hydrogen-bond acceptors (Lipinski definition) is 4. The van der Waals surface area contributed by atoms with Gasteiger partial charge in [0.05, 0.1) is 17.8 Å². The molecule has 0 fully saturated rings. The highest BCUT2D eigenvalue weighted by Crippen LogP contribution is 2.46. The van der Waals surface area contributed by atoms with Gasteiger partial charge in [0, 0.05) is 12.0 Å². The smallest absolute Gasteiger partial charge is 0.262 e. The van der Waals surface area contributed by atoms with E-state index in [1.54, 1.807) is 0 Å². The van der Waals surface area contributed by atoms with Gasteiger partial charge >= 0.3 is 0 Å². The topological polar surface area (TPSA) is 36.9 Å². The second-order valence-corrected chi connectivity index (χ2v) is 26.0. The summed E-state index contributed by atoms with van der Waals surface area (Å²) in [4.78, 5) is 0. The first kappa shape index (κ1) is 26.5. The molecule has 1 aliphatic carbocycles. The quantitative estimate of drug-likeness (QED) is 0.279. The fourth-order valence-corrected chi connectivity index (χ4v) is 6.81. The minimum atomic E-state index is -1.93. The Morgan fingerprint density at radius 3 is 2.03 bits per heavy atom. The van der Waals surface area contributed by atoms with Crippen LogP contribution in [0.3, 0.4) is 0 Å². The zero-order chi connectivity index (χ0) is 23.8. The molecule has 0 radical (unpaired) electrons. The number of hydrogen-bond donors (Lipinski definition) is 0. The molecule has 2 aliphatic rings. The fourth-order valence-electron chi connectivity index (χ4n) is 3.80. The molecule has 0 saturated carbocycles. The lowest BCUT2D eigenvalue weighted by Crippen LogP contribution is -2.51. The van der Waals surface area contributed by atoms with Gasteiger partial charge in [0.2, 0.25) is 16.6 Å². The van der Waals surface area contributed by atoms with Crippen LogP contribution in [0.5, 0.6) is 0 Å². The summed E-state index contributed by atoms with van der Waals surface area (Å²) in [6.45, 7) is 26.9. The van der Waals surface area contributed by atoms with Crippen molar-refractivity contribution in [3.05, 3.63) is 36.0 Å². The third-order valence-electron chi connectivity index (χ3n) is 6.12. The molecule has 4 atom stereocenters. The van der Waals surface area contributed by atoms with Gasteiger partial charge in [-0.1, -0.05) is 26.8 Å². The van der Waals surface area contributed by atoms with Gasteiger partial charge in [-0.15, -0.1) is 0 Å². The van der Waals surface area contributed by atoms with Gasteiger partial charge in [0.25, 0.3) is 5.95 Å². The van der Waals surface area contributed by atoms with Crippen LogP contribution in [0.4, 0.5) is 0 Å². The second-order valence-electron chi connectivity index (χ2n) is 12.4. The monoisotopic (exact) mass is 482 g/mol. The molecule has 0 aromatic heterocycles. The molecule has 31 heavy (non-hydrogen) atoms. The van der Waals surface area contributed by atoms with Crippen molar-refractivity contribution in [2.24, 2.45) is 11.8 Å². The van der Waals surface area contributed by atoms with E-state index in [0.29, 0.717) is 5.95 Å². The van der Waals surface area contributed by atoms with Crippen molar-refractivity contribution in [3.8, 4) is 0 Å². The molecule has 1 aliphatic heterocycles. The van der Waals surface area contributed by atoms with Crippen LogP contribution in [0.1, 0.15) is 34.1 Å². The highest BCUT2D eigenvalue weighted by Gasteiger charge is 2.48. The van der Waals surface area contributed by atoms with Crippen LogP contribution < -0.4 is 0 Å². The fraction of sp³-hybridized carbons (Fsp3) is 0.750. The van der Waals surface area contributed by atoms with Crippen molar-refractivity contribution in [2.75, 3.05) is 0 Å². The van der Waals surface area contributed by atoms with Crippen LogP contribution in [0, 0.1) is 11.8 Å². The van der Waals surface area contributed by atoms with Crippen molar-refractivity contribution in [1.29, 1.82) is 0 Å². The zero-order valence-electron chi connectivity index (χ0n) is 22.0. The molecule has 178 valence electrons. The summed E-state index contributed by atoms with van der Waals surface area (Å²) >= 11 is 0. The molecule has 1 heterocycles. The maximum Gasteiger partial charge on any atom is 0.262 e. The normalized spacial score (nSPS) is 27.9. The van der Waals surface area contributed by atoms with E-state index in [4.69, 9.17) is 18.0 Å². The summed E-state index contributed by atoms with van der Waals surface area (Å²) < 4.78 is 26.3. The largest absolute Gasteiger partial charge is 0.547 e. The van der Waals surface area contributed by atoms with Gasteiger partial charge in [0.1, 0.15) is 6.10 Å². The SMILES string of the molecule is C/C=C/C1OC(O[Si](C)(C)C)=CC2C(O[Si](C)(C)C(C)(C)C)CC=C(O[Si](C)(C)C)C12. The summed E-state index contributed by atoms with van der Waals surface area (Å²) in [6, 6.07) is 0. The van der Waals surface area contributed by atoms with E-state index < -0.39 is 25.0 Å². The summed E-state index contributed by atoms with van der Waals surface area (Å²) in [7, 11) is -5.48. The minimum Gasteiger partial charge on any atom is -0.547 e. The first-order chi connectivity index (χ1) is 13.9. The molecule has 0 N–H and O–H groups in total. The average molecular weight is 483 g/mol. The van der Waals surface area contributed by atoms with Gasteiger partial charge in [-0.3, -0.25) is 0 Å². The van der Waals surface area contributed by atoms with Crippen molar-refractivity contribution in [2.45, 2.75) is 104 Å². The highest BCUT2D eigenvalue weighted by atomic mass is 28.4. The maximum absolute atomic E-state index is 6.98. The predicted molar refractivity (Wildman–Crippen MR) is 138 cm³/mol. The molecule has 0 bridgehead atoms. The molecular weight excluding hydrogens is 437 g/mol. The molecule has 0 saturated heterocycles. The molecule has 0 aromatic rings. The van der Waals surface area contributed by atoms with Crippen molar-refractivity contribution in [1.82, 2.24) is 0 Å². The standard InChI is InChI=1S/C24H46O4Si3/c1-13-14-20-23-18(17-22(25-20)28-30(8,9)10)19(27-31(11,12)24(2,3)4)15-16-21(23)26-29(5,6)7/h13-14,16-20,23H,15H2,1-12H3/b14-13+. The molecule has 0 spiro atoms. The van der Waals surface area contributed by atoms with E-state index in [1.165, 1.54) is 0 Å². The predicted octanol–water partition coefficient (Wildman–Crippen LogP) is 7.42. The number of allylic oxidation sites excluding steroid dienone is 1. The van der Waals surface area contributed by atoms with Crippen LogP contribution in [0.25, 0.3) is 0 Å². The van der Waals surface area contributed by atoms with Crippen LogP contribution in [-0.4, -0.2) is 37.2 Å². The van der Waals surface area contributed by atoms with Crippen molar-refractivity contribution < 1.29 is 18.0 Å². The Labute approximate surface area is 194 Å². The molecule has 4 unspecified atom stereocenters. The Morgan fingerprint density at radius 1 is 0.968 bits per heavy atom. The number of fused-ring (bicyclic) bond motifs is 1. The Bertz CT molecular complexity index is 721. The van der Waals surface area contributed by atoms with Gasteiger partial charge in [-0.25, -0.2) is 0 Å². The van der Waals surface area contributed by atoms with Gasteiger partial charge in [-0.05, 0) is 82.9 Å². The lowest BCUT2D eigenvalue weighted by Gasteiger charge is -2.48. The average Bonchev–Trinajstić information content (AvgIpc) is 2.53. The maximum atomic E-state index is 6.98. The van der Waals surface area contributed by atoms with Crippen LogP contribution in [0.15, 0.2) is 36.0 Å². The molecule has 4 nitrogen and oxygen atoms in total. The van der Waals surface area contributed by atoms with Gasteiger partial charge in [0.15, 0.2) is 8.32 Å². The molecule has 2 rings (SSSR count). The Balaban J connectivity index is 2.51. The highest BCUT2D eigenvalue weighted by molar-refractivity contribution is 6.74. The number of rotatable bonds is 7. The van der Waals surface area contributed by atoms with Gasteiger partial charge < -0.3 is 18.0 Å². The van der Waals surface area contributed by atoms with E-state index in [9.17, 15) is 0 Å². The molecule has 0 aromatic carbocycles. The van der Waals surface area contributed by atoms with Crippen LogP contribution in [0.2, 0.25) is 57.4 Å². The lowest BCUT2D eigenvalue weighted by atomic mass is 9.76. The molecular formula is C24H46O4Si3. The van der Waals surface area contributed by atoms with Crippen LogP contribution in [-0.2, 0) is 18.0 Å². The summed E-state index contributed by atoms with van der Waals surface area (Å²) in [5, 5.41) is 0.163. The van der Waals surface area contributed by atoms with E-state index in [0.717, 1.165) is 12.2 Å².